The molecule has 0 radical (unpaired) electrons. The molecule has 27 heavy (non-hydrogen) atoms. The van der Waals surface area contributed by atoms with Crippen molar-refractivity contribution in [1.82, 2.24) is 0 Å². The number of carbonyl (C=O) groups excluding carboxylic acids is 1. The first-order valence-corrected chi connectivity index (χ1v) is 9.95. The molecule has 0 heterocycles. The Morgan fingerprint density at radius 3 is 2.48 bits per heavy atom. The first-order chi connectivity index (χ1) is 13.1. The SMILES string of the molecule is Cc1ccc(NC(=O)[C@@H]2C[C@H]3c4ccccc4[C@@H]2[C@H]2C=CC=C[C@@H]23)c(C)c1. The van der Waals surface area contributed by atoms with Gasteiger partial charge in [0.15, 0.2) is 0 Å². The van der Waals surface area contributed by atoms with E-state index in [-0.39, 0.29) is 17.7 Å². The second kappa shape index (κ2) is 6.23. The van der Waals surface area contributed by atoms with Gasteiger partial charge in [0, 0.05) is 17.5 Å². The van der Waals surface area contributed by atoms with Gasteiger partial charge in [0.25, 0.3) is 0 Å². The molecule has 4 aliphatic rings. The van der Waals surface area contributed by atoms with Crippen molar-refractivity contribution in [3.05, 3.63) is 89.0 Å². The average molecular weight is 355 g/mol. The van der Waals surface area contributed by atoms with Crippen molar-refractivity contribution in [3.63, 3.8) is 0 Å². The molecular formula is C25H25NO. The van der Waals surface area contributed by atoms with Crippen LogP contribution in [0.2, 0.25) is 0 Å². The Balaban J connectivity index is 1.50. The normalized spacial score (nSPS) is 29.9. The molecule has 1 amide bonds. The molecule has 2 heteroatoms. The lowest BCUT2D eigenvalue weighted by Crippen LogP contribution is -2.46. The number of amides is 1. The first-order valence-electron chi connectivity index (χ1n) is 9.95. The van der Waals surface area contributed by atoms with Gasteiger partial charge in [0.1, 0.15) is 0 Å². The van der Waals surface area contributed by atoms with Crippen molar-refractivity contribution >= 4 is 11.6 Å². The van der Waals surface area contributed by atoms with Gasteiger partial charge in [0.05, 0.1) is 0 Å². The molecule has 0 aromatic heterocycles. The number of carbonyl (C=O) groups is 1. The van der Waals surface area contributed by atoms with Crippen LogP contribution in [0.15, 0.2) is 66.8 Å². The van der Waals surface area contributed by atoms with E-state index < -0.39 is 0 Å². The van der Waals surface area contributed by atoms with Crippen LogP contribution < -0.4 is 5.32 Å². The minimum atomic E-state index is 0.0306. The summed E-state index contributed by atoms with van der Waals surface area (Å²) in [6.45, 7) is 4.15. The maximum absolute atomic E-state index is 13.3. The van der Waals surface area contributed by atoms with Crippen molar-refractivity contribution in [2.45, 2.75) is 32.1 Å². The summed E-state index contributed by atoms with van der Waals surface area (Å²) < 4.78 is 0. The van der Waals surface area contributed by atoms with Gasteiger partial charge in [-0.25, -0.2) is 0 Å². The summed E-state index contributed by atoms with van der Waals surface area (Å²) in [7, 11) is 0. The Morgan fingerprint density at radius 2 is 1.70 bits per heavy atom. The Kier molecular flexibility index (Phi) is 3.82. The van der Waals surface area contributed by atoms with Crippen LogP contribution in [0.1, 0.15) is 40.5 Å². The van der Waals surface area contributed by atoms with Crippen LogP contribution >= 0.6 is 0 Å². The lowest BCUT2D eigenvalue weighted by molar-refractivity contribution is -0.122. The van der Waals surface area contributed by atoms with E-state index in [9.17, 15) is 4.79 Å². The van der Waals surface area contributed by atoms with Gasteiger partial charge in [-0.1, -0.05) is 66.3 Å². The molecule has 1 fully saturated rings. The Bertz CT molecular complexity index is 970. The Labute approximate surface area is 161 Å². The lowest BCUT2D eigenvalue weighted by Gasteiger charge is -2.52. The molecule has 6 rings (SSSR count). The van der Waals surface area contributed by atoms with Crippen molar-refractivity contribution in [3.8, 4) is 0 Å². The molecule has 5 atom stereocenters. The fraction of sp³-hybridized carbons (Fsp3) is 0.320. The van der Waals surface area contributed by atoms with Crippen LogP contribution in [0.5, 0.6) is 0 Å². The molecule has 136 valence electrons. The van der Waals surface area contributed by atoms with Crippen LogP contribution in [-0.2, 0) is 4.79 Å². The van der Waals surface area contributed by atoms with E-state index in [0.717, 1.165) is 17.7 Å². The molecule has 2 nitrogen and oxygen atoms in total. The summed E-state index contributed by atoms with van der Waals surface area (Å²) in [4.78, 5) is 13.3. The summed E-state index contributed by atoms with van der Waals surface area (Å²) in [5.41, 5.74) is 6.13. The largest absolute Gasteiger partial charge is 0.326 e. The van der Waals surface area contributed by atoms with Gasteiger partial charge in [-0.2, -0.15) is 0 Å². The molecule has 1 N–H and O–H groups in total. The molecule has 0 saturated heterocycles. The van der Waals surface area contributed by atoms with E-state index >= 15 is 0 Å². The lowest BCUT2D eigenvalue weighted by atomic mass is 9.51. The molecule has 0 spiro atoms. The van der Waals surface area contributed by atoms with Crippen molar-refractivity contribution < 1.29 is 4.79 Å². The standard InChI is InChI=1S/C25H25NO/c1-15-11-12-23(16(2)13-15)26-25(27)22-14-21-17-7-3-5-9-19(17)24(22)20-10-6-4-8-18(20)21/h3-13,17,19,21-22,24H,14H2,1-2H3,(H,26,27)/t17-,19-,21+,22+,24-/m0/s1. The number of fused-ring (bicyclic) bond motifs is 1. The van der Waals surface area contributed by atoms with Crippen LogP contribution in [0, 0.1) is 31.6 Å². The highest BCUT2D eigenvalue weighted by atomic mass is 16.1. The number of hydrogen-bond acceptors (Lipinski definition) is 1. The molecule has 0 unspecified atom stereocenters. The van der Waals surface area contributed by atoms with E-state index in [1.54, 1.807) is 0 Å². The van der Waals surface area contributed by atoms with E-state index in [0.29, 0.717) is 17.8 Å². The smallest absolute Gasteiger partial charge is 0.228 e. The molecule has 4 aliphatic carbocycles. The predicted molar refractivity (Wildman–Crippen MR) is 110 cm³/mol. The molecule has 0 aliphatic heterocycles. The topological polar surface area (TPSA) is 29.1 Å². The molecule has 2 bridgehead atoms. The van der Waals surface area contributed by atoms with Crippen molar-refractivity contribution in [2.75, 3.05) is 5.32 Å². The second-order valence-electron chi connectivity index (χ2n) is 8.34. The van der Waals surface area contributed by atoms with Gasteiger partial charge in [0.2, 0.25) is 5.91 Å². The van der Waals surface area contributed by atoms with Gasteiger partial charge in [-0.3, -0.25) is 4.79 Å². The van der Waals surface area contributed by atoms with Gasteiger partial charge in [-0.05, 0) is 60.8 Å². The summed E-state index contributed by atoms with van der Waals surface area (Å²) >= 11 is 0. The fourth-order valence-electron chi connectivity index (χ4n) is 5.61. The monoisotopic (exact) mass is 355 g/mol. The van der Waals surface area contributed by atoms with E-state index in [2.05, 4.69) is 79.9 Å². The number of hydrogen-bond donors (Lipinski definition) is 1. The number of aryl methyl sites for hydroxylation is 2. The third-order valence-corrected chi connectivity index (χ3v) is 6.77. The zero-order valence-corrected chi connectivity index (χ0v) is 15.9. The average Bonchev–Trinajstić information content (AvgIpc) is 2.70. The number of nitrogens with one attached hydrogen (secondary N) is 1. The Hall–Kier alpha value is -2.61. The maximum Gasteiger partial charge on any atom is 0.228 e. The third-order valence-electron chi connectivity index (χ3n) is 6.77. The first kappa shape index (κ1) is 16.6. The summed E-state index contributed by atoms with van der Waals surface area (Å²) in [6, 6.07) is 15.0. The van der Waals surface area contributed by atoms with Crippen molar-refractivity contribution in [1.29, 1.82) is 0 Å². The second-order valence-corrected chi connectivity index (χ2v) is 8.34. The fourth-order valence-corrected chi connectivity index (χ4v) is 5.61. The van der Waals surface area contributed by atoms with E-state index in [1.807, 2.05) is 6.07 Å². The predicted octanol–water partition coefficient (Wildman–Crippen LogP) is 5.50. The van der Waals surface area contributed by atoms with Gasteiger partial charge in [-0.15, -0.1) is 0 Å². The van der Waals surface area contributed by atoms with Crippen LogP contribution in [0.25, 0.3) is 0 Å². The molecule has 1 saturated carbocycles. The third kappa shape index (κ3) is 2.58. The minimum Gasteiger partial charge on any atom is -0.326 e. The van der Waals surface area contributed by atoms with Gasteiger partial charge < -0.3 is 5.32 Å². The van der Waals surface area contributed by atoms with E-state index in [4.69, 9.17) is 0 Å². The van der Waals surface area contributed by atoms with Crippen LogP contribution in [0.3, 0.4) is 0 Å². The summed E-state index contributed by atoms with van der Waals surface area (Å²) in [5.74, 6) is 1.87. The molecule has 2 aromatic rings. The number of rotatable bonds is 2. The quantitative estimate of drug-likeness (QED) is 0.757. The Morgan fingerprint density at radius 1 is 0.963 bits per heavy atom. The highest BCUT2D eigenvalue weighted by molar-refractivity contribution is 5.94. The highest BCUT2D eigenvalue weighted by Gasteiger charge is 2.51. The van der Waals surface area contributed by atoms with Crippen molar-refractivity contribution in [2.24, 2.45) is 17.8 Å². The number of benzene rings is 2. The maximum atomic E-state index is 13.3. The zero-order valence-electron chi connectivity index (χ0n) is 15.9. The molecular weight excluding hydrogens is 330 g/mol. The van der Waals surface area contributed by atoms with Crippen LogP contribution in [0.4, 0.5) is 5.69 Å². The van der Waals surface area contributed by atoms with E-state index in [1.165, 1.54) is 16.7 Å². The number of allylic oxidation sites excluding steroid dienone is 4. The minimum absolute atomic E-state index is 0.0306. The summed E-state index contributed by atoms with van der Waals surface area (Å²) in [6.07, 6.45) is 9.96. The zero-order chi connectivity index (χ0) is 18.5. The van der Waals surface area contributed by atoms with Crippen LogP contribution in [-0.4, -0.2) is 5.91 Å². The van der Waals surface area contributed by atoms with Gasteiger partial charge >= 0.3 is 0 Å². The molecule has 2 aromatic carbocycles. The highest BCUT2D eigenvalue weighted by Crippen LogP contribution is 2.59. The summed E-state index contributed by atoms with van der Waals surface area (Å²) in [5, 5.41) is 3.24. The number of anilines is 1.